The van der Waals surface area contributed by atoms with Crippen LogP contribution >= 0.6 is 45.5 Å². The number of fused-ring (bicyclic) bond motifs is 1. The fraction of sp³-hybridized carbons (Fsp3) is 0.267. The van der Waals surface area contributed by atoms with Crippen molar-refractivity contribution in [1.82, 2.24) is 5.32 Å². The summed E-state index contributed by atoms with van der Waals surface area (Å²) in [6.45, 7) is 2.93. The molecule has 1 aliphatic heterocycles. The van der Waals surface area contributed by atoms with Gasteiger partial charge in [0.1, 0.15) is 0 Å². The van der Waals surface area contributed by atoms with Gasteiger partial charge in [0.2, 0.25) is 5.91 Å². The molecule has 2 aromatic rings. The highest BCUT2D eigenvalue weighted by Gasteiger charge is 2.24. The summed E-state index contributed by atoms with van der Waals surface area (Å²) in [5.41, 5.74) is 4.10. The molecule has 110 valence electrons. The average Bonchev–Trinajstić information content (AvgIpc) is 3.00. The van der Waals surface area contributed by atoms with Gasteiger partial charge in [0, 0.05) is 10.7 Å². The Bertz CT molecular complexity index is 701. The standard InChI is InChI=1S/C15H14ClIN2OS/c1-2-18-15(9-4-13(17)21-7-9)10-3-8-5-14(20)19-12(8)6-11(10)16/h3-4,6-7,15,18H,2,5H2,1H3,(H,19,20). The molecule has 0 fully saturated rings. The van der Waals surface area contributed by atoms with Gasteiger partial charge in [-0.2, -0.15) is 0 Å². The van der Waals surface area contributed by atoms with Crippen LogP contribution in [0.25, 0.3) is 0 Å². The van der Waals surface area contributed by atoms with Crippen LogP contribution < -0.4 is 10.6 Å². The van der Waals surface area contributed by atoms with Gasteiger partial charge in [-0.1, -0.05) is 18.5 Å². The van der Waals surface area contributed by atoms with E-state index in [-0.39, 0.29) is 11.9 Å². The van der Waals surface area contributed by atoms with E-state index in [9.17, 15) is 4.79 Å². The van der Waals surface area contributed by atoms with E-state index in [0.29, 0.717) is 11.4 Å². The van der Waals surface area contributed by atoms with Gasteiger partial charge in [-0.05, 0) is 69.4 Å². The lowest BCUT2D eigenvalue weighted by atomic mass is 9.98. The zero-order valence-corrected chi connectivity index (χ0v) is 15.1. The Morgan fingerprint density at radius 3 is 2.95 bits per heavy atom. The summed E-state index contributed by atoms with van der Waals surface area (Å²) in [6, 6.07) is 6.14. The molecular formula is C15H14ClIN2OS. The largest absolute Gasteiger partial charge is 0.325 e. The van der Waals surface area contributed by atoms with Gasteiger partial charge in [-0.15, -0.1) is 11.3 Å². The molecule has 0 saturated carbocycles. The monoisotopic (exact) mass is 432 g/mol. The first-order valence-electron chi connectivity index (χ1n) is 6.68. The van der Waals surface area contributed by atoms with Gasteiger partial charge >= 0.3 is 0 Å². The van der Waals surface area contributed by atoms with E-state index in [2.05, 4.69) is 51.6 Å². The first-order chi connectivity index (χ1) is 10.1. The lowest BCUT2D eigenvalue weighted by Gasteiger charge is -2.20. The minimum atomic E-state index is 0.0308. The average molecular weight is 433 g/mol. The number of hydrogen-bond acceptors (Lipinski definition) is 3. The van der Waals surface area contributed by atoms with Crippen molar-refractivity contribution in [2.45, 2.75) is 19.4 Å². The number of halogens is 2. The van der Waals surface area contributed by atoms with Crippen molar-refractivity contribution in [2.75, 3.05) is 11.9 Å². The summed E-state index contributed by atoms with van der Waals surface area (Å²) in [5.74, 6) is 0.0308. The molecule has 1 aromatic heterocycles. The molecular weight excluding hydrogens is 419 g/mol. The van der Waals surface area contributed by atoms with E-state index >= 15 is 0 Å². The lowest BCUT2D eigenvalue weighted by Crippen LogP contribution is -2.22. The summed E-state index contributed by atoms with van der Waals surface area (Å²) < 4.78 is 1.25. The topological polar surface area (TPSA) is 41.1 Å². The quantitative estimate of drug-likeness (QED) is 0.711. The second-order valence-electron chi connectivity index (χ2n) is 4.93. The molecule has 0 spiro atoms. The van der Waals surface area contributed by atoms with E-state index in [0.717, 1.165) is 23.4 Å². The Morgan fingerprint density at radius 2 is 2.29 bits per heavy atom. The molecule has 3 rings (SSSR count). The fourth-order valence-electron chi connectivity index (χ4n) is 2.57. The van der Waals surface area contributed by atoms with E-state index < -0.39 is 0 Å². The van der Waals surface area contributed by atoms with Crippen LogP contribution in [-0.2, 0) is 11.2 Å². The van der Waals surface area contributed by atoms with Crippen LogP contribution in [0.15, 0.2) is 23.6 Å². The van der Waals surface area contributed by atoms with Crippen molar-refractivity contribution in [3.63, 3.8) is 0 Å². The molecule has 1 atom stereocenters. The Hall–Kier alpha value is -0.630. The third-order valence-electron chi connectivity index (χ3n) is 3.49. The Morgan fingerprint density at radius 1 is 1.48 bits per heavy atom. The van der Waals surface area contributed by atoms with Crippen molar-refractivity contribution in [3.8, 4) is 0 Å². The van der Waals surface area contributed by atoms with E-state index in [1.807, 2.05) is 12.1 Å². The Balaban J connectivity index is 2.04. The molecule has 1 amide bonds. The molecule has 1 aromatic carbocycles. The van der Waals surface area contributed by atoms with Crippen molar-refractivity contribution in [1.29, 1.82) is 0 Å². The van der Waals surface area contributed by atoms with Crippen LogP contribution in [0.3, 0.4) is 0 Å². The maximum absolute atomic E-state index is 11.5. The highest BCUT2D eigenvalue weighted by molar-refractivity contribution is 14.1. The third kappa shape index (κ3) is 3.11. The smallest absolute Gasteiger partial charge is 0.228 e. The highest BCUT2D eigenvalue weighted by atomic mass is 127. The SMILES string of the molecule is CCNC(c1csc(I)c1)c1cc2c(cc1Cl)NC(=O)C2. The van der Waals surface area contributed by atoms with Crippen molar-refractivity contribution in [3.05, 3.63) is 48.2 Å². The second-order valence-corrected chi connectivity index (χ2v) is 8.14. The van der Waals surface area contributed by atoms with Crippen molar-refractivity contribution in [2.24, 2.45) is 0 Å². The Labute approximate surface area is 146 Å². The number of hydrogen-bond donors (Lipinski definition) is 2. The molecule has 1 aliphatic rings. The summed E-state index contributed by atoms with van der Waals surface area (Å²) in [5, 5.41) is 9.16. The number of amides is 1. The van der Waals surface area contributed by atoms with E-state index in [1.54, 1.807) is 11.3 Å². The normalized spacial score (nSPS) is 14.9. The zero-order chi connectivity index (χ0) is 15.0. The maximum atomic E-state index is 11.5. The molecule has 0 bridgehead atoms. The first kappa shape index (κ1) is 15.3. The van der Waals surface area contributed by atoms with Crippen LogP contribution in [0.4, 0.5) is 5.69 Å². The predicted octanol–water partition coefficient (Wildman–Crippen LogP) is 4.20. The molecule has 6 heteroatoms. The predicted molar refractivity (Wildman–Crippen MR) is 96.3 cm³/mol. The zero-order valence-electron chi connectivity index (χ0n) is 11.4. The molecule has 0 aliphatic carbocycles. The second kappa shape index (κ2) is 6.24. The maximum Gasteiger partial charge on any atom is 0.228 e. The number of anilines is 1. The van der Waals surface area contributed by atoms with Gasteiger partial charge in [-0.25, -0.2) is 0 Å². The molecule has 0 radical (unpaired) electrons. The first-order valence-corrected chi connectivity index (χ1v) is 9.01. The third-order valence-corrected chi connectivity index (χ3v) is 5.62. The molecule has 2 N–H and O–H groups in total. The van der Waals surface area contributed by atoms with E-state index in [1.165, 1.54) is 8.45 Å². The molecule has 3 nitrogen and oxygen atoms in total. The van der Waals surface area contributed by atoms with Crippen LogP contribution in [0, 0.1) is 2.88 Å². The van der Waals surface area contributed by atoms with Crippen LogP contribution in [-0.4, -0.2) is 12.5 Å². The molecule has 21 heavy (non-hydrogen) atoms. The van der Waals surface area contributed by atoms with Gasteiger partial charge in [-0.3, -0.25) is 4.79 Å². The van der Waals surface area contributed by atoms with E-state index in [4.69, 9.17) is 11.6 Å². The summed E-state index contributed by atoms with van der Waals surface area (Å²) in [4.78, 5) is 11.5. The molecule has 1 unspecified atom stereocenters. The number of benzene rings is 1. The molecule has 2 heterocycles. The summed E-state index contributed by atoms with van der Waals surface area (Å²) >= 11 is 10.5. The van der Waals surface area contributed by atoms with Gasteiger partial charge in [0.15, 0.2) is 0 Å². The van der Waals surface area contributed by atoms with Crippen LogP contribution in [0.2, 0.25) is 5.02 Å². The molecule has 0 saturated heterocycles. The minimum absolute atomic E-state index is 0.0308. The lowest BCUT2D eigenvalue weighted by molar-refractivity contribution is -0.115. The number of nitrogens with one attached hydrogen (secondary N) is 2. The number of rotatable bonds is 4. The Kier molecular flexibility index (Phi) is 4.54. The van der Waals surface area contributed by atoms with Crippen molar-refractivity contribution < 1.29 is 4.79 Å². The fourth-order valence-corrected chi connectivity index (χ4v) is 4.25. The van der Waals surface area contributed by atoms with Gasteiger partial charge in [0.05, 0.1) is 15.3 Å². The summed E-state index contributed by atoms with van der Waals surface area (Å²) in [7, 11) is 0. The highest BCUT2D eigenvalue weighted by Crippen LogP contribution is 2.36. The van der Waals surface area contributed by atoms with Gasteiger partial charge < -0.3 is 10.6 Å². The number of carbonyl (C=O) groups is 1. The minimum Gasteiger partial charge on any atom is -0.325 e. The number of carbonyl (C=O) groups excluding carboxylic acids is 1. The number of thiophene rings is 1. The van der Waals surface area contributed by atoms with Crippen molar-refractivity contribution >= 4 is 57.1 Å². The van der Waals surface area contributed by atoms with Gasteiger partial charge in [0.25, 0.3) is 0 Å². The van der Waals surface area contributed by atoms with Crippen LogP contribution in [0.1, 0.15) is 29.7 Å². The van der Waals surface area contributed by atoms with Crippen LogP contribution in [0.5, 0.6) is 0 Å². The summed E-state index contributed by atoms with van der Waals surface area (Å²) in [6.07, 6.45) is 0.430.